The number of aromatic nitrogens is 4. The number of nitrogens with one attached hydrogen (secondary N) is 2. The fourth-order valence-corrected chi connectivity index (χ4v) is 7.67. The van der Waals surface area contributed by atoms with Crippen LogP contribution in [0, 0.1) is 23.2 Å². The van der Waals surface area contributed by atoms with E-state index < -0.39 is 0 Å². The molecule has 4 fully saturated rings. The summed E-state index contributed by atoms with van der Waals surface area (Å²) in [5.74, 6) is 2.81. The number of para-hydroxylation sites is 1. The van der Waals surface area contributed by atoms with E-state index in [2.05, 4.69) is 27.3 Å². The second-order valence-corrected chi connectivity index (χ2v) is 11.3. The lowest BCUT2D eigenvalue weighted by Gasteiger charge is -2.59. The number of thioether (sulfide) groups is 1. The molecular formula is C25H29N5O2S. The minimum Gasteiger partial charge on any atom is -0.352 e. The third-order valence-corrected chi connectivity index (χ3v) is 9.01. The molecule has 4 saturated carbocycles. The summed E-state index contributed by atoms with van der Waals surface area (Å²) in [5, 5.41) is 8.50. The Balaban J connectivity index is 1.15. The Morgan fingerprint density at radius 2 is 1.85 bits per heavy atom. The van der Waals surface area contributed by atoms with Gasteiger partial charge in [-0.25, -0.2) is 9.67 Å². The summed E-state index contributed by atoms with van der Waals surface area (Å²) >= 11 is 1.26. The van der Waals surface area contributed by atoms with Gasteiger partial charge in [0.15, 0.2) is 10.8 Å². The largest absolute Gasteiger partial charge is 0.352 e. The van der Waals surface area contributed by atoms with Crippen LogP contribution in [0.2, 0.25) is 0 Å². The quantitative estimate of drug-likeness (QED) is 0.427. The third kappa shape index (κ3) is 3.78. The molecule has 0 radical (unpaired) electrons. The van der Waals surface area contributed by atoms with Crippen molar-refractivity contribution in [3.63, 3.8) is 0 Å². The standard InChI is InChI=1S/C25H29N5O2S/c1-15(25-10-16-7-17(11-25)9-18(8-16)12-25)27-21(31)14-33-24-28-22-20(23(32)29-24)13-26-30(22)19-5-3-2-4-6-19/h2-6,13,15-18H,7-12,14H2,1H3,(H,27,31)(H,28,29,32). The minimum atomic E-state index is -0.243. The van der Waals surface area contributed by atoms with Crippen LogP contribution in [-0.2, 0) is 4.79 Å². The first-order chi connectivity index (χ1) is 16.0. The SMILES string of the molecule is CC(NC(=O)CSc1nc2c(cnn2-c2ccccc2)c(=O)[nH]1)C12CC3CC(CC(C3)C1)C2. The van der Waals surface area contributed by atoms with E-state index in [0.29, 0.717) is 16.2 Å². The van der Waals surface area contributed by atoms with Crippen molar-refractivity contribution in [3.8, 4) is 5.69 Å². The number of hydrogen-bond donors (Lipinski definition) is 2. The van der Waals surface area contributed by atoms with Gasteiger partial charge in [0.05, 0.1) is 17.6 Å². The van der Waals surface area contributed by atoms with E-state index in [4.69, 9.17) is 0 Å². The molecule has 1 aromatic carbocycles. The number of carbonyl (C=O) groups excluding carboxylic acids is 1. The Bertz CT molecular complexity index is 1220. The van der Waals surface area contributed by atoms with Crippen molar-refractivity contribution >= 4 is 28.7 Å². The minimum absolute atomic E-state index is 0.00237. The second-order valence-electron chi connectivity index (χ2n) is 10.4. The van der Waals surface area contributed by atoms with E-state index in [-0.39, 0.29) is 28.7 Å². The zero-order valence-electron chi connectivity index (χ0n) is 18.8. The van der Waals surface area contributed by atoms with E-state index in [9.17, 15) is 9.59 Å². The maximum Gasteiger partial charge on any atom is 0.262 e. The lowest BCUT2D eigenvalue weighted by Crippen LogP contribution is -2.56. The van der Waals surface area contributed by atoms with Crippen molar-refractivity contribution < 1.29 is 4.79 Å². The molecule has 172 valence electrons. The van der Waals surface area contributed by atoms with Crippen molar-refractivity contribution in [1.29, 1.82) is 0 Å². The number of fused-ring (bicyclic) bond motifs is 1. The summed E-state index contributed by atoms with van der Waals surface area (Å²) in [6.07, 6.45) is 9.53. The first-order valence-electron chi connectivity index (χ1n) is 11.9. The molecule has 3 aromatic rings. The molecule has 0 saturated heterocycles. The highest BCUT2D eigenvalue weighted by Crippen LogP contribution is 2.61. The Labute approximate surface area is 196 Å². The Kier molecular flexibility index (Phi) is 5.09. The van der Waals surface area contributed by atoms with Crippen LogP contribution >= 0.6 is 11.8 Å². The first-order valence-corrected chi connectivity index (χ1v) is 12.9. The number of aromatic amines is 1. The highest BCUT2D eigenvalue weighted by molar-refractivity contribution is 7.99. The molecule has 2 aromatic heterocycles. The molecule has 4 bridgehead atoms. The fourth-order valence-electron chi connectivity index (χ4n) is 7.00. The van der Waals surface area contributed by atoms with Crippen molar-refractivity contribution in [2.75, 3.05) is 5.75 Å². The molecular weight excluding hydrogens is 434 g/mol. The average molecular weight is 464 g/mol. The molecule has 0 aliphatic heterocycles. The molecule has 1 atom stereocenters. The molecule has 4 aliphatic carbocycles. The first kappa shape index (κ1) is 21.0. The van der Waals surface area contributed by atoms with E-state index in [1.807, 2.05) is 30.3 Å². The lowest BCUT2D eigenvalue weighted by atomic mass is 9.48. The number of H-pyrrole nitrogens is 1. The number of nitrogens with zero attached hydrogens (tertiary/aromatic N) is 3. The van der Waals surface area contributed by atoms with Gasteiger partial charge >= 0.3 is 0 Å². The van der Waals surface area contributed by atoms with Gasteiger partial charge in [-0.1, -0.05) is 30.0 Å². The molecule has 0 spiro atoms. The van der Waals surface area contributed by atoms with Crippen molar-refractivity contribution in [2.24, 2.45) is 23.2 Å². The lowest BCUT2D eigenvalue weighted by molar-refractivity contribution is -0.123. The summed E-state index contributed by atoms with van der Waals surface area (Å²) in [7, 11) is 0. The molecule has 8 heteroatoms. The van der Waals surface area contributed by atoms with Crippen LogP contribution in [0.25, 0.3) is 16.7 Å². The van der Waals surface area contributed by atoms with E-state index in [0.717, 1.165) is 23.4 Å². The summed E-state index contributed by atoms with van der Waals surface area (Å²) in [5.41, 5.74) is 1.37. The number of hydrogen-bond acceptors (Lipinski definition) is 5. The highest BCUT2D eigenvalue weighted by Gasteiger charge is 2.53. The van der Waals surface area contributed by atoms with Crippen molar-refractivity contribution in [2.45, 2.75) is 56.6 Å². The maximum absolute atomic E-state index is 12.8. The van der Waals surface area contributed by atoms with Crippen LogP contribution in [0.4, 0.5) is 0 Å². The summed E-state index contributed by atoms with van der Waals surface area (Å²) in [6.45, 7) is 2.19. The monoisotopic (exact) mass is 463 g/mol. The Morgan fingerprint density at radius 3 is 2.52 bits per heavy atom. The topological polar surface area (TPSA) is 92.7 Å². The molecule has 33 heavy (non-hydrogen) atoms. The molecule has 1 amide bonds. The predicted octanol–water partition coefficient (Wildman–Crippen LogP) is 3.92. The van der Waals surface area contributed by atoms with Crippen molar-refractivity contribution in [3.05, 3.63) is 46.9 Å². The van der Waals surface area contributed by atoms with Crippen LogP contribution in [0.1, 0.15) is 45.4 Å². The number of carbonyl (C=O) groups is 1. The Morgan fingerprint density at radius 1 is 1.18 bits per heavy atom. The molecule has 1 unspecified atom stereocenters. The van der Waals surface area contributed by atoms with Gasteiger partial charge in [0, 0.05) is 6.04 Å². The van der Waals surface area contributed by atoms with Gasteiger partial charge < -0.3 is 10.3 Å². The molecule has 2 heterocycles. The number of amides is 1. The molecule has 7 rings (SSSR count). The van der Waals surface area contributed by atoms with E-state index in [1.165, 1.54) is 56.5 Å². The van der Waals surface area contributed by atoms with Gasteiger partial charge in [0.1, 0.15) is 5.39 Å². The van der Waals surface area contributed by atoms with Gasteiger partial charge in [0.25, 0.3) is 5.56 Å². The van der Waals surface area contributed by atoms with Gasteiger partial charge in [-0.05, 0) is 80.8 Å². The molecule has 7 nitrogen and oxygen atoms in total. The maximum atomic E-state index is 12.8. The Hall–Kier alpha value is -2.61. The van der Waals surface area contributed by atoms with Gasteiger partial charge in [0.2, 0.25) is 5.91 Å². The normalized spacial score (nSPS) is 28.8. The summed E-state index contributed by atoms with van der Waals surface area (Å²) in [4.78, 5) is 32.8. The van der Waals surface area contributed by atoms with E-state index >= 15 is 0 Å². The summed E-state index contributed by atoms with van der Waals surface area (Å²) < 4.78 is 1.66. The van der Waals surface area contributed by atoms with Crippen LogP contribution < -0.4 is 10.9 Å². The zero-order chi connectivity index (χ0) is 22.6. The smallest absolute Gasteiger partial charge is 0.262 e. The second kappa shape index (κ2) is 8.01. The van der Waals surface area contributed by atoms with Gasteiger partial charge in [-0.2, -0.15) is 5.10 Å². The third-order valence-electron chi connectivity index (χ3n) is 8.14. The van der Waals surface area contributed by atoms with Crippen LogP contribution in [0.5, 0.6) is 0 Å². The zero-order valence-corrected chi connectivity index (χ0v) is 19.6. The van der Waals surface area contributed by atoms with Crippen LogP contribution in [0.3, 0.4) is 0 Å². The average Bonchev–Trinajstić information content (AvgIpc) is 3.22. The van der Waals surface area contributed by atoms with Crippen molar-refractivity contribution in [1.82, 2.24) is 25.1 Å². The predicted molar refractivity (Wildman–Crippen MR) is 128 cm³/mol. The highest BCUT2D eigenvalue weighted by atomic mass is 32.2. The summed E-state index contributed by atoms with van der Waals surface area (Å²) in [6, 6.07) is 9.79. The van der Waals surface area contributed by atoms with Gasteiger partial charge in [-0.15, -0.1) is 0 Å². The molecule has 2 N–H and O–H groups in total. The van der Waals surface area contributed by atoms with Gasteiger partial charge in [-0.3, -0.25) is 9.59 Å². The van der Waals surface area contributed by atoms with Crippen LogP contribution in [0.15, 0.2) is 46.5 Å². The van der Waals surface area contributed by atoms with Crippen LogP contribution in [-0.4, -0.2) is 37.5 Å². The fraction of sp³-hybridized carbons (Fsp3) is 0.520. The van der Waals surface area contributed by atoms with E-state index in [1.54, 1.807) is 4.68 Å². The number of rotatable bonds is 6. The molecule has 4 aliphatic rings. The number of benzene rings is 1.